The third-order valence-electron chi connectivity index (χ3n) is 2.23. The van der Waals surface area contributed by atoms with Crippen LogP contribution in [-0.4, -0.2) is 12.7 Å². The molecule has 0 spiro atoms. The summed E-state index contributed by atoms with van der Waals surface area (Å²) in [7, 11) is 0. The molecule has 0 fully saturated rings. The van der Waals surface area contributed by atoms with E-state index in [2.05, 4.69) is 4.99 Å². The van der Waals surface area contributed by atoms with Gasteiger partial charge in [0.05, 0.1) is 11.6 Å². The Morgan fingerprint density at radius 1 is 1.60 bits per heavy atom. The summed E-state index contributed by atoms with van der Waals surface area (Å²) in [6, 6.07) is 1.14. The molecule has 78 valence electrons. The highest BCUT2D eigenvalue weighted by atomic mass is 35.5. The lowest BCUT2D eigenvalue weighted by atomic mass is 10.0. The Morgan fingerprint density at radius 2 is 2.40 bits per heavy atom. The summed E-state index contributed by atoms with van der Waals surface area (Å²) in [5.41, 5.74) is 0.599. The van der Waals surface area contributed by atoms with Gasteiger partial charge in [0.25, 0.3) is 0 Å². The van der Waals surface area contributed by atoms with Gasteiger partial charge < -0.3 is 4.74 Å². The van der Waals surface area contributed by atoms with Crippen molar-refractivity contribution in [1.29, 1.82) is 0 Å². The Hall–Kier alpha value is -1.38. The molecule has 1 aliphatic heterocycles. The summed E-state index contributed by atoms with van der Waals surface area (Å²) in [6.45, 7) is 0.480. The summed E-state index contributed by atoms with van der Waals surface area (Å²) in [5.74, 6) is -0.390. The first-order chi connectivity index (χ1) is 7.24. The van der Waals surface area contributed by atoms with Crippen molar-refractivity contribution in [3.8, 4) is 5.75 Å². The second kappa shape index (κ2) is 4.01. The van der Waals surface area contributed by atoms with Crippen LogP contribution in [-0.2, 0) is 11.2 Å². The van der Waals surface area contributed by atoms with E-state index in [1.807, 2.05) is 0 Å². The standard InChI is InChI=1S/C10H7ClFNO2/c11-7-4-8(12)9(13-5-14)10-6(7)2-1-3-15-10/h4H,1-3H2. The molecule has 5 heteroatoms. The van der Waals surface area contributed by atoms with Crippen molar-refractivity contribution in [3.05, 3.63) is 22.5 Å². The van der Waals surface area contributed by atoms with E-state index in [1.165, 1.54) is 6.08 Å². The first-order valence-corrected chi connectivity index (χ1v) is 4.83. The van der Waals surface area contributed by atoms with E-state index < -0.39 is 5.82 Å². The van der Waals surface area contributed by atoms with Gasteiger partial charge in [0.2, 0.25) is 6.08 Å². The fraction of sp³-hybridized carbons (Fsp3) is 0.300. The van der Waals surface area contributed by atoms with Gasteiger partial charge in [0, 0.05) is 5.56 Å². The fourth-order valence-electron chi connectivity index (χ4n) is 1.59. The van der Waals surface area contributed by atoms with Crippen LogP contribution in [0.25, 0.3) is 0 Å². The van der Waals surface area contributed by atoms with Crippen molar-refractivity contribution >= 4 is 23.4 Å². The summed E-state index contributed by atoms with van der Waals surface area (Å²) in [4.78, 5) is 13.4. The van der Waals surface area contributed by atoms with Crippen LogP contribution in [0.5, 0.6) is 5.75 Å². The molecule has 0 radical (unpaired) electrons. The number of ether oxygens (including phenoxy) is 1. The predicted molar refractivity (Wildman–Crippen MR) is 53.0 cm³/mol. The van der Waals surface area contributed by atoms with Crippen LogP contribution in [0, 0.1) is 5.82 Å². The van der Waals surface area contributed by atoms with Crippen molar-refractivity contribution in [3.63, 3.8) is 0 Å². The molecule has 3 nitrogen and oxygen atoms in total. The summed E-state index contributed by atoms with van der Waals surface area (Å²) >= 11 is 5.86. The molecule has 0 amide bonds. The second-order valence-electron chi connectivity index (χ2n) is 3.15. The average molecular weight is 228 g/mol. The highest BCUT2D eigenvalue weighted by molar-refractivity contribution is 6.31. The normalized spacial score (nSPS) is 13.7. The summed E-state index contributed by atoms with van der Waals surface area (Å²) < 4.78 is 18.7. The summed E-state index contributed by atoms with van der Waals surface area (Å²) in [6.07, 6.45) is 2.83. The highest BCUT2D eigenvalue weighted by Crippen LogP contribution is 2.41. The molecule has 0 unspecified atom stereocenters. The third kappa shape index (κ3) is 1.74. The van der Waals surface area contributed by atoms with Gasteiger partial charge in [-0.3, -0.25) is 0 Å². The number of isocyanates is 1. The molecule has 0 aliphatic carbocycles. The Kier molecular flexibility index (Phi) is 2.71. The van der Waals surface area contributed by atoms with Gasteiger partial charge in [-0.1, -0.05) is 11.6 Å². The van der Waals surface area contributed by atoms with Gasteiger partial charge in [-0.15, -0.1) is 0 Å². The molecular weight excluding hydrogens is 221 g/mol. The molecule has 0 aromatic heterocycles. The first-order valence-electron chi connectivity index (χ1n) is 4.45. The lowest BCUT2D eigenvalue weighted by Crippen LogP contribution is -2.09. The van der Waals surface area contributed by atoms with Gasteiger partial charge >= 0.3 is 0 Å². The molecular formula is C10H7ClFNO2. The quantitative estimate of drug-likeness (QED) is 0.547. The highest BCUT2D eigenvalue weighted by Gasteiger charge is 2.21. The molecule has 2 rings (SSSR count). The number of benzene rings is 1. The SMILES string of the molecule is O=C=Nc1c(F)cc(Cl)c2c1OCCC2. The van der Waals surface area contributed by atoms with Crippen LogP contribution in [0.15, 0.2) is 11.1 Å². The van der Waals surface area contributed by atoms with E-state index >= 15 is 0 Å². The van der Waals surface area contributed by atoms with E-state index in [4.69, 9.17) is 16.3 Å². The van der Waals surface area contributed by atoms with Gasteiger partial charge in [-0.2, -0.15) is 4.99 Å². The Bertz CT molecular complexity index is 455. The number of fused-ring (bicyclic) bond motifs is 1. The van der Waals surface area contributed by atoms with Gasteiger partial charge in [-0.25, -0.2) is 9.18 Å². The third-order valence-corrected chi connectivity index (χ3v) is 2.57. The van der Waals surface area contributed by atoms with Crippen molar-refractivity contribution in [2.75, 3.05) is 6.61 Å². The number of halogens is 2. The zero-order valence-corrected chi connectivity index (χ0v) is 8.47. The van der Waals surface area contributed by atoms with E-state index in [-0.39, 0.29) is 11.4 Å². The molecule has 0 bridgehead atoms. The molecule has 1 aromatic carbocycles. The molecule has 0 N–H and O–H groups in total. The van der Waals surface area contributed by atoms with Crippen molar-refractivity contribution in [2.24, 2.45) is 4.99 Å². The zero-order chi connectivity index (χ0) is 10.8. The second-order valence-corrected chi connectivity index (χ2v) is 3.56. The maximum absolute atomic E-state index is 13.4. The molecule has 1 aromatic rings. The topological polar surface area (TPSA) is 38.7 Å². The molecule has 0 saturated heterocycles. The van der Waals surface area contributed by atoms with E-state index in [9.17, 15) is 9.18 Å². The molecule has 15 heavy (non-hydrogen) atoms. The monoisotopic (exact) mass is 227 g/mol. The largest absolute Gasteiger partial charge is 0.491 e. The van der Waals surface area contributed by atoms with Crippen LogP contribution in [0.4, 0.5) is 10.1 Å². The van der Waals surface area contributed by atoms with Crippen molar-refractivity contribution < 1.29 is 13.9 Å². The smallest absolute Gasteiger partial charge is 0.240 e. The maximum atomic E-state index is 13.4. The predicted octanol–water partition coefficient (Wildman–Crippen LogP) is 2.77. The van der Waals surface area contributed by atoms with Crippen LogP contribution in [0.2, 0.25) is 5.02 Å². The van der Waals surface area contributed by atoms with Crippen LogP contribution >= 0.6 is 11.6 Å². The zero-order valence-electron chi connectivity index (χ0n) is 7.72. The Morgan fingerprint density at radius 3 is 3.13 bits per heavy atom. The lowest BCUT2D eigenvalue weighted by molar-refractivity contribution is 0.288. The molecule has 0 atom stereocenters. The van der Waals surface area contributed by atoms with Crippen molar-refractivity contribution in [2.45, 2.75) is 12.8 Å². The minimum atomic E-state index is -0.663. The van der Waals surface area contributed by atoms with Crippen LogP contribution < -0.4 is 4.74 Å². The molecule has 1 heterocycles. The van der Waals surface area contributed by atoms with Crippen LogP contribution in [0.1, 0.15) is 12.0 Å². The van der Waals surface area contributed by atoms with Crippen LogP contribution in [0.3, 0.4) is 0 Å². The first kappa shape index (κ1) is 10.1. The minimum Gasteiger partial charge on any atom is -0.491 e. The lowest BCUT2D eigenvalue weighted by Gasteiger charge is -2.19. The number of aliphatic imine (C=N–C) groups is 1. The minimum absolute atomic E-state index is 0.107. The van der Waals surface area contributed by atoms with E-state index in [0.717, 1.165) is 12.5 Å². The van der Waals surface area contributed by atoms with E-state index in [1.54, 1.807) is 0 Å². The average Bonchev–Trinajstić information content (AvgIpc) is 2.24. The van der Waals surface area contributed by atoms with E-state index in [0.29, 0.717) is 23.6 Å². The Balaban J connectivity index is 2.68. The molecule has 1 aliphatic rings. The van der Waals surface area contributed by atoms with Crippen molar-refractivity contribution in [1.82, 2.24) is 0 Å². The fourth-order valence-corrected chi connectivity index (χ4v) is 1.86. The number of rotatable bonds is 1. The van der Waals surface area contributed by atoms with Gasteiger partial charge in [0.1, 0.15) is 0 Å². The maximum Gasteiger partial charge on any atom is 0.240 e. The van der Waals surface area contributed by atoms with Gasteiger partial charge in [-0.05, 0) is 18.9 Å². The number of hydrogen-bond acceptors (Lipinski definition) is 3. The Labute approximate surface area is 90.5 Å². The number of carbonyl (C=O) groups excluding carboxylic acids is 1. The van der Waals surface area contributed by atoms with Gasteiger partial charge in [0.15, 0.2) is 17.3 Å². The number of hydrogen-bond donors (Lipinski definition) is 0. The number of nitrogens with zero attached hydrogens (tertiary/aromatic N) is 1. The molecule has 0 saturated carbocycles. The summed E-state index contributed by atoms with van der Waals surface area (Å²) in [5, 5.41) is 0.312.